The number of nitrogens with zero attached hydrogens (tertiary/aromatic N) is 2. The normalized spacial score (nSPS) is 15.4. The fraction of sp³-hybridized carbons (Fsp3) is 0.348. The van der Waals surface area contributed by atoms with Crippen LogP contribution in [0.4, 0.5) is 0 Å². The van der Waals surface area contributed by atoms with Gasteiger partial charge in [0.25, 0.3) is 5.56 Å². The van der Waals surface area contributed by atoms with Crippen LogP contribution in [0.1, 0.15) is 50.3 Å². The van der Waals surface area contributed by atoms with Gasteiger partial charge in [-0.05, 0) is 43.5 Å². The number of fused-ring (bicyclic) bond motifs is 1. The minimum atomic E-state index is -0.0882. The summed E-state index contributed by atoms with van der Waals surface area (Å²) in [5, 5.41) is 4.72. The molecule has 0 aliphatic heterocycles. The molecule has 4 rings (SSSR count). The van der Waals surface area contributed by atoms with E-state index in [1.807, 2.05) is 37.3 Å². The first-order valence-electron chi connectivity index (χ1n) is 10.2. The topological polar surface area (TPSA) is 64.0 Å². The van der Waals surface area contributed by atoms with E-state index in [4.69, 9.17) is 16.6 Å². The molecule has 0 unspecified atom stereocenters. The third kappa shape index (κ3) is 4.55. The molecule has 1 aromatic heterocycles. The second kappa shape index (κ2) is 9.23. The standard InChI is InChI=1S/C23H24ClN3O2S/c1-15(16-7-3-2-4-8-16)25-21(28)14-30-23-26-20-13-17(24)11-12-19(20)22(29)27(23)18-9-5-6-10-18/h2-4,7-8,11-13,15,18H,5-6,9-10,14H2,1H3,(H,25,28)/t15-/m1/s1. The van der Waals surface area contributed by atoms with Crippen LogP contribution in [-0.2, 0) is 4.79 Å². The number of rotatable bonds is 6. The van der Waals surface area contributed by atoms with E-state index < -0.39 is 0 Å². The number of carbonyl (C=O) groups excluding carboxylic acids is 1. The zero-order valence-corrected chi connectivity index (χ0v) is 18.4. The number of amides is 1. The van der Waals surface area contributed by atoms with Crippen LogP contribution in [0.3, 0.4) is 0 Å². The first-order valence-corrected chi connectivity index (χ1v) is 11.6. The van der Waals surface area contributed by atoms with Crippen molar-refractivity contribution >= 4 is 40.2 Å². The van der Waals surface area contributed by atoms with Crippen LogP contribution in [0.5, 0.6) is 0 Å². The van der Waals surface area contributed by atoms with Crippen LogP contribution in [0.25, 0.3) is 10.9 Å². The van der Waals surface area contributed by atoms with Gasteiger partial charge in [-0.1, -0.05) is 66.5 Å². The summed E-state index contributed by atoms with van der Waals surface area (Å²) in [6.07, 6.45) is 4.14. The number of hydrogen-bond donors (Lipinski definition) is 1. The van der Waals surface area contributed by atoms with Gasteiger partial charge in [0, 0.05) is 11.1 Å². The van der Waals surface area contributed by atoms with Crippen LogP contribution >= 0.6 is 23.4 Å². The number of thioether (sulfide) groups is 1. The summed E-state index contributed by atoms with van der Waals surface area (Å²) in [5.74, 6) is 0.109. The first-order chi connectivity index (χ1) is 14.5. The maximum absolute atomic E-state index is 13.2. The maximum atomic E-state index is 13.2. The third-order valence-corrected chi connectivity index (χ3v) is 6.72. The number of carbonyl (C=O) groups is 1. The molecule has 1 heterocycles. The maximum Gasteiger partial charge on any atom is 0.262 e. The minimum Gasteiger partial charge on any atom is -0.349 e. The van der Waals surface area contributed by atoms with Crippen LogP contribution in [0.2, 0.25) is 5.02 Å². The molecule has 0 saturated heterocycles. The van der Waals surface area contributed by atoms with Crippen molar-refractivity contribution in [2.75, 3.05) is 5.75 Å². The second-order valence-electron chi connectivity index (χ2n) is 7.66. The van der Waals surface area contributed by atoms with Crippen LogP contribution in [-0.4, -0.2) is 21.2 Å². The Bertz CT molecular complexity index is 1110. The monoisotopic (exact) mass is 441 g/mol. The van der Waals surface area contributed by atoms with Gasteiger partial charge in [-0.2, -0.15) is 0 Å². The van der Waals surface area contributed by atoms with Gasteiger partial charge in [0.2, 0.25) is 5.91 Å². The third-order valence-electron chi connectivity index (χ3n) is 5.53. The van der Waals surface area contributed by atoms with Crippen LogP contribution in [0, 0.1) is 0 Å². The number of aromatic nitrogens is 2. The molecule has 0 radical (unpaired) electrons. The lowest BCUT2D eigenvalue weighted by Gasteiger charge is -2.19. The van der Waals surface area contributed by atoms with Crippen molar-refractivity contribution in [1.29, 1.82) is 0 Å². The summed E-state index contributed by atoms with van der Waals surface area (Å²) in [6, 6.07) is 15.1. The lowest BCUT2D eigenvalue weighted by Crippen LogP contribution is -2.30. The lowest BCUT2D eigenvalue weighted by atomic mass is 10.1. The molecule has 0 bridgehead atoms. The summed E-state index contributed by atoms with van der Waals surface area (Å²) >= 11 is 7.42. The Morgan fingerprint density at radius 2 is 1.97 bits per heavy atom. The zero-order valence-electron chi connectivity index (χ0n) is 16.8. The zero-order chi connectivity index (χ0) is 21.1. The van der Waals surface area contributed by atoms with E-state index in [9.17, 15) is 9.59 Å². The number of nitrogens with one attached hydrogen (secondary N) is 1. The van der Waals surface area contributed by atoms with Crippen molar-refractivity contribution in [2.24, 2.45) is 0 Å². The highest BCUT2D eigenvalue weighted by atomic mass is 35.5. The predicted molar refractivity (Wildman–Crippen MR) is 122 cm³/mol. The number of halogens is 1. The quantitative estimate of drug-likeness (QED) is 0.425. The largest absolute Gasteiger partial charge is 0.349 e. The SMILES string of the molecule is C[C@@H](NC(=O)CSc1nc2cc(Cl)ccc2c(=O)n1C1CCCC1)c1ccccc1. The van der Waals surface area contributed by atoms with Gasteiger partial charge in [-0.15, -0.1) is 0 Å². The molecule has 1 aliphatic rings. The molecule has 1 fully saturated rings. The van der Waals surface area contributed by atoms with E-state index in [-0.39, 0.29) is 29.3 Å². The highest BCUT2D eigenvalue weighted by molar-refractivity contribution is 7.99. The van der Waals surface area contributed by atoms with Gasteiger partial charge < -0.3 is 5.32 Å². The lowest BCUT2D eigenvalue weighted by molar-refractivity contribution is -0.119. The van der Waals surface area contributed by atoms with Crippen LogP contribution in [0.15, 0.2) is 58.5 Å². The van der Waals surface area contributed by atoms with E-state index >= 15 is 0 Å². The first kappa shape index (κ1) is 20.9. The number of hydrogen-bond acceptors (Lipinski definition) is 4. The molecule has 1 amide bonds. The smallest absolute Gasteiger partial charge is 0.262 e. The summed E-state index contributed by atoms with van der Waals surface area (Å²) in [7, 11) is 0. The Labute approximate surface area is 184 Å². The van der Waals surface area contributed by atoms with Gasteiger partial charge in [-0.25, -0.2) is 4.98 Å². The minimum absolute atomic E-state index is 0.0517. The van der Waals surface area contributed by atoms with E-state index in [1.54, 1.807) is 22.8 Å². The van der Waals surface area contributed by atoms with E-state index in [1.165, 1.54) is 11.8 Å². The molecule has 1 saturated carbocycles. The summed E-state index contributed by atoms with van der Waals surface area (Å²) in [5.41, 5.74) is 1.57. The molecular weight excluding hydrogens is 418 g/mol. The molecule has 30 heavy (non-hydrogen) atoms. The Morgan fingerprint density at radius 1 is 1.23 bits per heavy atom. The van der Waals surface area contributed by atoms with E-state index in [2.05, 4.69) is 5.32 Å². The molecule has 156 valence electrons. The van der Waals surface area contributed by atoms with Crippen molar-refractivity contribution in [3.05, 3.63) is 69.5 Å². The highest BCUT2D eigenvalue weighted by Gasteiger charge is 2.23. The molecule has 7 heteroatoms. The Kier molecular flexibility index (Phi) is 6.44. The van der Waals surface area contributed by atoms with E-state index in [0.29, 0.717) is 21.1 Å². The fourth-order valence-corrected chi connectivity index (χ4v) is 5.02. The molecule has 3 aromatic rings. The molecule has 5 nitrogen and oxygen atoms in total. The van der Waals surface area contributed by atoms with Crippen molar-refractivity contribution < 1.29 is 4.79 Å². The summed E-state index contributed by atoms with van der Waals surface area (Å²) < 4.78 is 1.79. The average molecular weight is 442 g/mol. The number of benzene rings is 2. The van der Waals surface area contributed by atoms with Gasteiger partial charge in [0.1, 0.15) is 0 Å². The van der Waals surface area contributed by atoms with Crippen molar-refractivity contribution in [3.63, 3.8) is 0 Å². The molecular formula is C23H24ClN3O2S. The second-order valence-corrected chi connectivity index (χ2v) is 9.04. The molecule has 1 aliphatic carbocycles. The molecule has 2 aromatic carbocycles. The van der Waals surface area contributed by atoms with Crippen molar-refractivity contribution in [2.45, 2.75) is 49.8 Å². The van der Waals surface area contributed by atoms with Gasteiger partial charge >= 0.3 is 0 Å². The highest BCUT2D eigenvalue weighted by Crippen LogP contribution is 2.32. The molecule has 0 spiro atoms. The molecule has 1 atom stereocenters. The average Bonchev–Trinajstić information content (AvgIpc) is 3.27. The fourth-order valence-electron chi connectivity index (χ4n) is 3.98. The Hall–Kier alpha value is -2.31. The Balaban J connectivity index is 1.57. The predicted octanol–water partition coefficient (Wildman–Crippen LogP) is 5.13. The summed E-state index contributed by atoms with van der Waals surface area (Å²) in [6.45, 7) is 1.96. The van der Waals surface area contributed by atoms with Crippen molar-refractivity contribution in [1.82, 2.24) is 14.9 Å². The van der Waals surface area contributed by atoms with Gasteiger partial charge in [-0.3, -0.25) is 14.2 Å². The molecule has 1 N–H and O–H groups in total. The van der Waals surface area contributed by atoms with Gasteiger partial charge in [0.05, 0.1) is 22.7 Å². The Morgan fingerprint density at radius 3 is 2.70 bits per heavy atom. The van der Waals surface area contributed by atoms with Gasteiger partial charge in [0.15, 0.2) is 5.16 Å². The summed E-state index contributed by atoms with van der Waals surface area (Å²) in [4.78, 5) is 30.5. The van der Waals surface area contributed by atoms with Crippen molar-refractivity contribution in [3.8, 4) is 0 Å². The van der Waals surface area contributed by atoms with Crippen LogP contribution < -0.4 is 10.9 Å². The van der Waals surface area contributed by atoms with E-state index in [0.717, 1.165) is 31.2 Å².